The minimum atomic E-state index is -3.78. The van der Waals surface area contributed by atoms with Gasteiger partial charge in [-0.2, -0.15) is 0 Å². The highest BCUT2D eigenvalue weighted by molar-refractivity contribution is 7.92. The normalized spacial score (nSPS) is 12.3. The summed E-state index contributed by atoms with van der Waals surface area (Å²) in [4.78, 5) is 27.6. The van der Waals surface area contributed by atoms with E-state index in [0.29, 0.717) is 22.8 Å². The molecule has 2 rings (SSSR count). The van der Waals surface area contributed by atoms with Crippen LogP contribution in [0.1, 0.15) is 31.9 Å². The van der Waals surface area contributed by atoms with Crippen LogP contribution in [0.25, 0.3) is 0 Å². The van der Waals surface area contributed by atoms with E-state index >= 15 is 0 Å². The van der Waals surface area contributed by atoms with E-state index < -0.39 is 28.5 Å². The second-order valence-electron chi connectivity index (χ2n) is 8.52. The summed E-state index contributed by atoms with van der Waals surface area (Å²) >= 11 is 6.02. The van der Waals surface area contributed by atoms with Gasteiger partial charge in [-0.3, -0.25) is 13.9 Å². The molecule has 0 radical (unpaired) electrons. The van der Waals surface area contributed by atoms with Gasteiger partial charge in [-0.1, -0.05) is 55.8 Å². The number of carbonyl (C=O) groups is 2. The van der Waals surface area contributed by atoms with Crippen LogP contribution in [0.15, 0.2) is 48.5 Å². The van der Waals surface area contributed by atoms with Crippen molar-refractivity contribution in [2.75, 3.05) is 23.7 Å². The highest BCUT2D eigenvalue weighted by atomic mass is 35.5. The Bertz CT molecular complexity index is 1070. The quantitative estimate of drug-likeness (QED) is 0.547. The van der Waals surface area contributed by atoms with Crippen LogP contribution in [0.3, 0.4) is 0 Å². The molecule has 0 bridgehead atoms. The van der Waals surface area contributed by atoms with Gasteiger partial charge in [0, 0.05) is 18.1 Å². The van der Waals surface area contributed by atoms with Crippen LogP contribution in [-0.4, -0.2) is 50.5 Å². The van der Waals surface area contributed by atoms with Crippen molar-refractivity contribution in [1.82, 2.24) is 10.2 Å². The molecular formula is C24H32ClN3O4S. The molecule has 0 aromatic heterocycles. The van der Waals surface area contributed by atoms with Crippen molar-refractivity contribution in [2.24, 2.45) is 5.92 Å². The molecule has 0 spiro atoms. The molecule has 0 unspecified atom stereocenters. The monoisotopic (exact) mass is 493 g/mol. The molecule has 2 amide bonds. The van der Waals surface area contributed by atoms with Crippen molar-refractivity contribution in [3.05, 3.63) is 64.7 Å². The zero-order chi connectivity index (χ0) is 24.8. The molecule has 0 saturated heterocycles. The van der Waals surface area contributed by atoms with Gasteiger partial charge in [-0.25, -0.2) is 8.42 Å². The van der Waals surface area contributed by atoms with E-state index in [9.17, 15) is 18.0 Å². The minimum Gasteiger partial charge on any atom is -0.354 e. The van der Waals surface area contributed by atoms with Crippen LogP contribution in [0, 0.1) is 12.8 Å². The first kappa shape index (κ1) is 26.7. The molecule has 180 valence electrons. The predicted molar refractivity (Wildman–Crippen MR) is 133 cm³/mol. The van der Waals surface area contributed by atoms with E-state index in [2.05, 4.69) is 5.32 Å². The van der Waals surface area contributed by atoms with Crippen molar-refractivity contribution < 1.29 is 18.0 Å². The number of hydrogen-bond acceptors (Lipinski definition) is 4. The molecule has 1 N–H and O–H groups in total. The average Bonchev–Trinajstić information content (AvgIpc) is 2.74. The Hall–Kier alpha value is -2.58. The van der Waals surface area contributed by atoms with E-state index in [1.165, 1.54) is 4.90 Å². The molecule has 0 aliphatic rings. The summed E-state index contributed by atoms with van der Waals surface area (Å²) in [6.07, 6.45) is 1.05. The summed E-state index contributed by atoms with van der Waals surface area (Å²) < 4.78 is 26.3. The zero-order valence-corrected chi connectivity index (χ0v) is 21.3. The van der Waals surface area contributed by atoms with E-state index in [-0.39, 0.29) is 18.4 Å². The zero-order valence-electron chi connectivity index (χ0n) is 19.7. The summed E-state index contributed by atoms with van der Waals surface area (Å²) in [6.45, 7) is 7.56. The maximum atomic E-state index is 13.5. The first-order valence-electron chi connectivity index (χ1n) is 10.7. The summed E-state index contributed by atoms with van der Waals surface area (Å²) in [5, 5.41) is 3.32. The SMILES string of the molecule is Cc1cc(Cl)ccc1N(CC(=O)N(Cc1ccccc1)[C@@H](C)C(=O)NCC(C)C)S(C)(=O)=O. The van der Waals surface area contributed by atoms with Crippen LogP contribution >= 0.6 is 11.6 Å². The summed E-state index contributed by atoms with van der Waals surface area (Å²) in [5.74, 6) is -0.514. The number of benzene rings is 2. The van der Waals surface area contributed by atoms with Gasteiger partial charge >= 0.3 is 0 Å². The van der Waals surface area contributed by atoms with Crippen molar-refractivity contribution in [1.29, 1.82) is 0 Å². The lowest BCUT2D eigenvalue weighted by molar-refractivity contribution is -0.139. The number of halogens is 1. The lowest BCUT2D eigenvalue weighted by Crippen LogP contribution is -2.51. The molecule has 9 heteroatoms. The largest absolute Gasteiger partial charge is 0.354 e. The Morgan fingerprint density at radius 1 is 1.06 bits per heavy atom. The number of aryl methyl sites for hydroxylation is 1. The van der Waals surface area contributed by atoms with E-state index in [1.54, 1.807) is 32.0 Å². The Morgan fingerprint density at radius 3 is 2.24 bits per heavy atom. The number of rotatable bonds is 10. The average molecular weight is 494 g/mol. The third-order valence-corrected chi connectivity index (χ3v) is 6.52. The Morgan fingerprint density at radius 2 is 1.70 bits per heavy atom. The highest BCUT2D eigenvalue weighted by Gasteiger charge is 2.30. The lowest BCUT2D eigenvalue weighted by atomic mass is 10.1. The molecule has 0 heterocycles. The third kappa shape index (κ3) is 7.75. The molecule has 1 atom stereocenters. The number of sulfonamides is 1. The molecular weight excluding hydrogens is 462 g/mol. The van der Waals surface area contributed by atoms with E-state index in [1.807, 2.05) is 44.2 Å². The number of carbonyl (C=O) groups excluding carboxylic acids is 2. The van der Waals surface area contributed by atoms with E-state index in [4.69, 9.17) is 11.6 Å². The topological polar surface area (TPSA) is 86.8 Å². The number of amides is 2. The van der Waals surface area contributed by atoms with Crippen LogP contribution < -0.4 is 9.62 Å². The smallest absolute Gasteiger partial charge is 0.244 e. The second kappa shape index (κ2) is 11.5. The Balaban J connectivity index is 2.37. The fraction of sp³-hybridized carbons (Fsp3) is 0.417. The molecule has 2 aromatic carbocycles. The van der Waals surface area contributed by atoms with Crippen molar-refractivity contribution in [3.8, 4) is 0 Å². The standard InChI is InChI=1S/C24H32ClN3O4S/c1-17(2)14-26-24(30)19(4)27(15-20-9-7-6-8-10-20)23(29)16-28(33(5,31)32)22-12-11-21(25)13-18(22)3/h6-13,17,19H,14-16H2,1-5H3,(H,26,30)/t19-/m0/s1. The van der Waals surface area contributed by atoms with Crippen LogP contribution in [-0.2, 0) is 26.2 Å². The molecule has 2 aromatic rings. The minimum absolute atomic E-state index is 0.174. The van der Waals surface area contributed by atoms with Gasteiger partial charge < -0.3 is 10.2 Å². The molecule has 0 aliphatic carbocycles. The second-order valence-corrected chi connectivity index (χ2v) is 10.9. The van der Waals surface area contributed by atoms with Gasteiger partial charge in [0.25, 0.3) is 0 Å². The van der Waals surface area contributed by atoms with Gasteiger partial charge in [0.2, 0.25) is 21.8 Å². The van der Waals surface area contributed by atoms with Crippen molar-refractivity contribution in [3.63, 3.8) is 0 Å². The van der Waals surface area contributed by atoms with Crippen LogP contribution in [0.4, 0.5) is 5.69 Å². The van der Waals surface area contributed by atoms with Crippen LogP contribution in [0.2, 0.25) is 5.02 Å². The molecule has 7 nitrogen and oxygen atoms in total. The van der Waals surface area contributed by atoms with E-state index in [0.717, 1.165) is 16.1 Å². The molecule has 0 fully saturated rings. The van der Waals surface area contributed by atoms with Crippen molar-refractivity contribution in [2.45, 2.75) is 40.3 Å². The first-order chi connectivity index (χ1) is 15.4. The van der Waals surface area contributed by atoms with Gasteiger partial charge in [0.05, 0.1) is 11.9 Å². The summed E-state index contributed by atoms with van der Waals surface area (Å²) in [5.41, 5.74) is 1.83. The molecule has 0 saturated carbocycles. The first-order valence-corrected chi connectivity index (χ1v) is 13.0. The summed E-state index contributed by atoms with van der Waals surface area (Å²) in [7, 11) is -3.78. The lowest BCUT2D eigenvalue weighted by Gasteiger charge is -2.32. The van der Waals surface area contributed by atoms with Gasteiger partial charge in [-0.05, 0) is 49.1 Å². The van der Waals surface area contributed by atoms with Gasteiger partial charge in [-0.15, -0.1) is 0 Å². The number of anilines is 1. The summed E-state index contributed by atoms with van der Waals surface area (Å²) in [6, 6.07) is 13.3. The van der Waals surface area contributed by atoms with Crippen LogP contribution in [0.5, 0.6) is 0 Å². The van der Waals surface area contributed by atoms with Gasteiger partial charge in [0.15, 0.2) is 0 Å². The highest BCUT2D eigenvalue weighted by Crippen LogP contribution is 2.26. The van der Waals surface area contributed by atoms with Gasteiger partial charge in [0.1, 0.15) is 12.6 Å². The maximum Gasteiger partial charge on any atom is 0.244 e. The number of hydrogen-bond donors (Lipinski definition) is 1. The Labute approximate surface area is 201 Å². The van der Waals surface area contributed by atoms with Crippen molar-refractivity contribution >= 4 is 39.1 Å². The predicted octanol–water partition coefficient (Wildman–Crippen LogP) is 3.60. The fourth-order valence-electron chi connectivity index (χ4n) is 3.31. The fourth-order valence-corrected chi connectivity index (χ4v) is 4.44. The Kier molecular flexibility index (Phi) is 9.31. The third-order valence-electron chi connectivity index (χ3n) is 5.15. The number of nitrogens with one attached hydrogen (secondary N) is 1. The number of nitrogens with zero attached hydrogens (tertiary/aromatic N) is 2. The molecule has 33 heavy (non-hydrogen) atoms. The molecule has 0 aliphatic heterocycles. The maximum absolute atomic E-state index is 13.5.